The van der Waals surface area contributed by atoms with Gasteiger partial charge in [0.05, 0.1) is 12.6 Å². The number of carboxylic acids is 1. The van der Waals surface area contributed by atoms with Crippen molar-refractivity contribution in [3.8, 4) is 0 Å². The molecule has 148 valence electrons. The molecule has 1 aliphatic rings. The third-order valence-corrected chi connectivity index (χ3v) is 5.33. The molecule has 0 saturated carbocycles. The highest BCUT2D eigenvalue weighted by Gasteiger charge is 2.30. The van der Waals surface area contributed by atoms with Crippen molar-refractivity contribution < 1.29 is 9.90 Å². The van der Waals surface area contributed by atoms with Crippen molar-refractivity contribution in [1.29, 1.82) is 0 Å². The number of carboxylic acid groups (broad SMARTS) is 1. The summed E-state index contributed by atoms with van der Waals surface area (Å²) in [6, 6.07) is 19.4. The van der Waals surface area contributed by atoms with Crippen molar-refractivity contribution in [2.75, 3.05) is 26.2 Å². The molecule has 0 spiro atoms. The first-order valence-corrected chi connectivity index (χ1v) is 9.34. The zero-order valence-corrected chi connectivity index (χ0v) is 18.3. The maximum absolute atomic E-state index is 11.0. The van der Waals surface area contributed by atoms with Crippen LogP contribution in [-0.2, 0) is 4.79 Å². The number of benzene rings is 2. The standard InChI is InChI=1S/C20H23BrN2O2.2ClH/c1-15-13-23(12-11-22(15)14-19(24)25)20(16-5-3-2-4-6-16)17-7-9-18(21)10-8-17;;/h2-10,15,20H,11-14H2,1H3,(H,24,25);2*1H. The van der Waals surface area contributed by atoms with E-state index in [4.69, 9.17) is 5.11 Å². The number of halogens is 3. The predicted octanol–water partition coefficient (Wildman–Crippen LogP) is 4.47. The zero-order chi connectivity index (χ0) is 17.8. The molecule has 2 unspecified atom stereocenters. The second-order valence-electron chi connectivity index (χ2n) is 6.57. The molecule has 4 nitrogen and oxygen atoms in total. The van der Waals surface area contributed by atoms with Crippen LogP contribution in [0.4, 0.5) is 0 Å². The van der Waals surface area contributed by atoms with E-state index in [1.807, 2.05) is 11.0 Å². The molecule has 2 aromatic carbocycles. The van der Waals surface area contributed by atoms with Crippen molar-refractivity contribution in [2.24, 2.45) is 0 Å². The number of aliphatic carboxylic acids is 1. The van der Waals surface area contributed by atoms with Gasteiger partial charge in [0.25, 0.3) is 0 Å². The average molecular weight is 476 g/mol. The van der Waals surface area contributed by atoms with Gasteiger partial charge in [-0.3, -0.25) is 14.6 Å². The lowest BCUT2D eigenvalue weighted by Crippen LogP contribution is -2.54. The van der Waals surface area contributed by atoms with Crippen molar-refractivity contribution in [3.63, 3.8) is 0 Å². The second kappa shape index (κ2) is 11.0. The lowest BCUT2D eigenvalue weighted by molar-refractivity contribution is -0.139. The van der Waals surface area contributed by atoms with Crippen molar-refractivity contribution in [1.82, 2.24) is 9.80 Å². The van der Waals surface area contributed by atoms with Crippen LogP contribution in [0.3, 0.4) is 0 Å². The van der Waals surface area contributed by atoms with E-state index < -0.39 is 5.97 Å². The Morgan fingerprint density at radius 3 is 2.22 bits per heavy atom. The lowest BCUT2D eigenvalue weighted by atomic mass is 9.95. The van der Waals surface area contributed by atoms with Gasteiger partial charge in [0, 0.05) is 30.1 Å². The van der Waals surface area contributed by atoms with Gasteiger partial charge in [0.1, 0.15) is 0 Å². The van der Waals surface area contributed by atoms with E-state index in [1.54, 1.807) is 0 Å². The molecule has 0 aliphatic carbocycles. The number of hydrogen-bond donors (Lipinski definition) is 1. The number of rotatable bonds is 5. The SMILES string of the molecule is CC1CN(C(c2ccccc2)c2ccc(Br)cc2)CCN1CC(=O)O.Cl.Cl. The molecule has 0 bridgehead atoms. The maximum Gasteiger partial charge on any atom is 0.317 e. The van der Waals surface area contributed by atoms with Gasteiger partial charge in [0.2, 0.25) is 0 Å². The van der Waals surface area contributed by atoms with Crippen LogP contribution in [0.15, 0.2) is 59.1 Å². The first-order chi connectivity index (χ1) is 12.0. The molecule has 3 rings (SSSR count). The van der Waals surface area contributed by atoms with Crippen LogP contribution in [0, 0.1) is 0 Å². The number of piperazine rings is 1. The first kappa shape index (κ1) is 23.9. The predicted molar refractivity (Wildman–Crippen MR) is 117 cm³/mol. The van der Waals surface area contributed by atoms with Crippen LogP contribution in [0.5, 0.6) is 0 Å². The van der Waals surface area contributed by atoms with Gasteiger partial charge in [-0.2, -0.15) is 0 Å². The van der Waals surface area contributed by atoms with Crippen LogP contribution in [0.1, 0.15) is 24.1 Å². The molecule has 2 atom stereocenters. The van der Waals surface area contributed by atoms with Crippen LogP contribution < -0.4 is 0 Å². The summed E-state index contributed by atoms with van der Waals surface area (Å²) in [5.41, 5.74) is 2.52. The molecule has 1 fully saturated rings. The molecular formula is C20H25BrCl2N2O2. The minimum Gasteiger partial charge on any atom is -0.480 e. The Bertz CT molecular complexity index is 716. The van der Waals surface area contributed by atoms with E-state index in [0.29, 0.717) is 0 Å². The summed E-state index contributed by atoms with van der Waals surface area (Å²) >= 11 is 3.51. The first-order valence-electron chi connectivity index (χ1n) is 8.55. The normalized spacial score (nSPS) is 18.8. The van der Waals surface area contributed by atoms with E-state index in [9.17, 15) is 4.79 Å². The lowest BCUT2D eigenvalue weighted by Gasteiger charge is -2.43. The third kappa shape index (κ3) is 6.19. The Hall–Kier alpha value is -1.11. The Balaban J connectivity index is 0.00000182. The molecule has 7 heteroatoms. The summed E-state index contributed by atoms with van der Waals surface area (Å²) in [5.74, 6) is -0.757. The van der Waals surface area contributed by atoms with Gasteiger partial charge < -0.3 is 5.11 Å². The van der Waals surface area contributed by atoms with Gasteiger partial charge in [-0.25, -0.2) is 0 Å². The van der Waals surface area contributed by atoms with Gasteiger partial charge in [0.15, 0.2) is 0 Å². The Labute approximate surface area is 181 Å². The summed E-state index contributed by atoms with van der Waals surface area (Å²) in [5, 5.41) is 9.08. The monoisotopic (exact) mass is 474 g/mol. The molecule has 1 N–H and O–H groups in total. The quantitative estimate of drug-likeness (QED) is 0.692. The highest BCUT2D eigenvalue weighted by molar-refractivity contribution is 9.10. The van der Waals surface area contributed by atoms with Gasteiger partial charge in [-0.15, -0.1) is 24.8 Å². The Kier molecular flexibility index (Phi) is 9.77. The molecule has 1 heterocycles. The molecule has 0 radical (unpaired) electrons. The average Bonchev–Trinajstić information content (AvgIpc) is 2.60. The highest BCUT2D eigenvalue weighted by atomic mass is 79.9. The van der Waals surface area contributed by atoms with Crippen molar-refractivity contribution in [3.05, 3.63) is 70.2 Å². The van der Waals surface area contributed by atoms with E-state index >= 15 is 0 Å². The van der Waals surface area contributed by atoms with Crippen LogP contribution in [-0.4, -0.2) is 53.1 Å². The van der Waals surface area contributed by atoms with Crippen LogP contribution in [0.25, 0.3) is 0 Å². The van der Waals surface area contributed by atoms with E-state index in [-0.39, 0.29) is 43.4 Å². The van der Waals surface area contributed by atoms with Crippen molar-refractivity contribution in [2.45, 2.75) is 19.0 Å². The number of nitrogens with zero attached hydrogens (tertiary/aromatic N) is 2. The second-order valence-corrected chi connectivity index (χ2v) is 7.49. The molecule has 2 aromatic rings. The summed E-state index contributed by atoms with van der Waals surface area (Å²) in [6.07, 6.45) is 0. The van der Waals surface area contributed by atoms with Gasteiger partial charge in [-0.1, -0.05) is 58.4 Å². The minimum absolute atomic E-state index is 0. The summed E-state index contributed by atoms with van der Waals surface area (Å²) in [4.78, 5) is 15.5. The topological polar surface area (TPSA) is 43.8 Å². The zero-order valence-electron chi connectivity index (χ0n) is 15.1. The maximum atomic E-state index is 11.0. The number of hydrogen-bond acceptors (Lipinski definition) is 3. The van der Waals surface area contributed by atoms with E-state index in [1.165, 1.54) is 11.1 Å². The number of carbonyl (C=O) groups is 1. The highest BCUT2D eigenvalue weighted by Crippen LogP contribution is 2.31. The van der Waals surface area contributed by atoms with Gasteiger partial charge in [-0.05, 0) is 30.2 Å². The molecule has 0 aromatic heterocycles. The molecule has 0 amide bonds. The summed E-state index contributed by atoms with van der Waals surface area (Å²) < 4.78 is 1.07. The minimum atomic E-state index is -0.757. The molecular weight excluding hydrogens is 451 g/mol. The van der Waals surface area contributed by atoms with Crippen molar-refractivity contribution >= 4 is 46.7 Å². The summed E-state index contributed by atoms with van der Waals surface area (Å²) in [6.45, 7) is 4.70. The van der Waals surface area contributed by atoms with E-state index in [0.717, 1.165) is 24.1 Å². The molecule has 1 aliphatic heterocycles. The Morgan fingerprint density at radius 1 is 1.07 bits per heavy atom. The van der Waals surface area contributed by atoms with Crippen LogP contribution >= 0.6 is 40.7 Å². The third-order valence-electron chi connectivity index (χ3n) is 4.80. The fourth-order valence-electron chi connectivity index (χ4n) is 3.56. The Morgan fingerprint density at radius 2 is 1.67 bits per heavy atom. The van der Waals surface area contributed by atoms with Gasteiger partial charge >= 0.3 is 5.97 Å². The fraction of sp³-hybridized carbons (Fsp3) is 0.350. The summed E-state index contributed by atoms with van der Waals surface area (Å²) in [7, 11) is 0. The van der Waals surface area contributed by atoms with E-state index in [2.05, 4.69) is 76.3 Å². The molecule has 1 saturated heterocycles. The largest absolute Gasteiger partial charge is 0.480 e. The van der Waals surface area contributed by atoms with Crippen LogP contribution in [0.2, 0.25) is 0 Å². The smallest absolute Gasteiger partial charge is 0.317 e. The fourth-order valence-corrected chi connectivity index (χ4v) is 3.83. The molecule has 27 heavy (non-hydrogen) atoms.